The molecule has 0 bridgehead atoms. The number of amides is 1. The van der Waals surface area contributed by atoms with Crippen molar-refractivity contribution in [3.8, 4) is 0 Å². The predicted octanol–water partition coefficient (Wildman–Crippen LogP) is 1.16. The molecule has 0 N–H and O–H groups in total. The third-order valence-corrected chi connectivity index (χ3v) is 2.73. The predicted molar refractivity (Wildman–Crippen MR) is 58.5 cm³/mol. The summed E-state index contributed by atoms with van der Waals surface area (Å²) in [5, 5.41) is 0. The maximum absolute atomic E-state index is 11.7. The summed E-state index contributed by atoms with van der Waals surface area (Å²) >= 11 is 0. The van der Waals surface area contributed by atoms with E-state index in [-0.39, 0.29) is 11.7 Å². The maximum Gasteiger partial charge on any atom is 0.223 e. The van der Waals surface area contributed by atoms with Gasteiger partial charge in [0.05, 0.1) is 0 Å². The SMILES string of the molecule is O=C1CCC(=O)N(Cc2cccnc2)CC1. The minimum atomic E-state index is 0.0645. The number of ketones is 1. The van der Waals surface area contributed by atoms with Gasteiger partial charge in [0, 0.05) is 44.7 Å². The van der Waals surface area contributed by atoms with Crippen LogP contribution in [0, 0.1) is 0 Å². The van der Waals surface area contributed by atoms with Crippen LogP contribution in [0.1, 0.15) is 24.8 Å². The molecule has 0 aromatic carbocycles. The third-order valence-electron chi connectivity index (χ3n) is 2.73. The molecular weight excluding hydrogens is 204 g/mol. The molecule has 1 aromatic rings. The van der Waals surface area contributed by atoms with E-state index in [0.717, 1.165) is 5.56 Å². The lowest BCUT2D eigenvalue weighted by atomic mass is 10.2. The van der Waals surface area contributed by atoms with Gasteiger partial charge in [0.25, 0.3) is 0 Å². The van der Waals surface area contributed by atoms with Crippen LogP contribution in [-0.2, 0) is 16.1 Å². The molecule has 0 atom stereocenters. The van der Waals surface area contributed by atoms with Crippen LogP contribution >= 0.6 is 0 Å². The summed E-state index contributed by atoms with van der Waals surface area (Å²) in [5.74, 6) is 0.247. The maximum atomic E-state index is 11.7. The quantitative estimate of drug-likeness (QED) is 0.748. The van der Waals surface area contributed by atoms with Crippen LogP contribution in [0.3, 0.4) is 0 Å². The number of likely N-dealkylation sites (tertiary alicyclic amines) is 1. The van der Waals surface area contributed by atoms with Gasteiger partial charge in [0.1, 0.15) is 5.78 Å². The lowest BCUT2D eigenvalue weighted by Gasteiger charge is -2.19. The van der Waals surface area contributed by atoms with Crippen LogP contribution in [0.4, 0.5) is 0 Å². The summed E-state index contributed by atoms with van der Waals surface area (Å²) in [6.07, 6.45) is 4.67. The van der Waals surface area contributed by atoms with E-state index in [1.54, 1.807) is 17.3 Å². The second-order valence-electron chi connectivity index (χ2n) is 3.97. The van der Waals surface area contributed by atoms with Crippen molar-refractivity contribution >= 4 is 11.7 Å². The van der Waals surface area contributed by atoms with Gasteiger partial charge in [-0.25, -0.2) is 0 Å². The highest BCUT2D eigenvalue weighted by atomic mass is 16.2. The molecule has 0 spiro atoms. The van der Waals surface area contributed by atoms with Gasteiger partial charge in [0.2, 0.25) is 5.91 Å². The molecule has 1 amide bonds. The van der Waals surface area contributed by atoms with Gasteiger partial charge in [0.15, 0.2) is 0 Å². The number of Topliss-reactive ketones (excluding diaryl/α,β-unsaturated/α-hetero) is 1. The molecule has 1 fully saturated rings. The van der Waals surface area contributed by atoms with E-state index in [0.29, 0.717) is 32.4 Å². The summed E-state index contributed by atoms with van der Waals surface area (Å²) in [6.45, 7) is 1.09. The van der Waals surface area contributed by atoms with Crippen LogP contribution < -0.4 is 0 Å². The Morgan fingerprint density at radius 1 is 1.25 bits per heavy atom. The topological polar surface area (TPSA) is 50.3 Å². The largest absolute Gasteiger partial charge is 0.338 e. The van der Waals surface area contributed by atoms with Gasteiger partial charge in [-0.3, -0.25) is 14.6 Å². The van der Waals surface area contributed by atoms with Crippen LogP contribution in [0.15, 0.2) is 24.5 Å². The van der Waals surface area contributed by atoms with E-state index in [1.807, 2.05) is 12.1 Å². The number of pyridine rings is 1. The lowest BCUT2D eigenvalue weighted by Crippen LogP contribution is -2.29. The number of nitrogens with zero attached hydrogens (tertiary/aromatic N) is 2. The number of carbonyl (C=O) groups excluding carboxylic acids is 2. The van der Waals surface area contributed by atoms with Crippen molar-refractivity contribution in [1.29, 1.82) is 0 Å². The molecule has 1 aliphatic heterocycles. The van der Waals surface area contributed by atoms with E-state index >= 15 is 0 Å². The Hall–Kier alpha value is -1.71. The van der Waals surface area contributed by atoms with Crippen LogP contribution in [-0.4, -0.2) is 28.1 Å². The van der Waals surface area contributed by atoms with Gasteiger partial charge in [-0.05, 0) is 11.6 Å². The zero-order valence-corrected chi connectivity index (χ0v) is 9.06. The molecule has 4 nitrogen and oxygen atoms in total. The zero-order chi connectivity index (χ0) is 11.4. The number of hydrogen-bond acceptors (Lipinski definition) is 3. The fourth-order valence-corrected chi connectivity index (χ4v) is 1.79. The zero-order valence-electron chi connectivity index (χ0n) is 9.06. The third kappa shape index (κ3) is 2.66. The second-order valence-corrected chi connectivity index (χ2v) is 3.97. The van der Waals surface area contributed by atoms with Crippen LogP contribution in [0.25, 0.3) is 0 Å². The first-order valence-electron chi connectivity index (χ1n) is 5.44. The first-order chi connectivity index (χ1) is 7.75. The molecule has 0 unspecified atom stereocenters. The Kier molecular flexibility index (Phi) is 3.29. The van der Waals surface area contributed by atoms with Gasteiger partial charge < -0.3 is 4.90 Å². The van der Waals surface area contributed by atoms with Crippen molar-refractivity contribution in [1.82, 2.24) is 9.88 Å². The summed E-state index contributed by atoms with van der Waals surface area (Å²) < 4.78 is 0. The molecule has 0 radical (unpaired) electrons. The Balaban J connectivity index is 2.03. The van der Waals surface area contributed by atoms with Crippen molar-refractivity contribution in [3.63, 3.8) is 0 Å². The average Bonchev–Trinajstić information content (AvgIpc) is 2.46. The molecule has 84 valence electrons. The standard InChI is InChI=1S/C12H14N2O2/c15-11-3-4-12(16)14(7-5-11)9-10-2-1-6-13-8-10/h1-2,6,8H,3-5,7,9H2. The highest BCUT2D eigenvalue weighted by molar-refractivity contribution is 5.87. The van der Waals surface area contributed by atoms with Gasteiger partial charge in [-0.1, -0.05) is 6.07 Å². The van der Waals surface area contributed by atoms with E-state index in [9.17, 15) is 9.59 Å². The number of carbonyl (C=O) groups is 2. The highest BCUT2D eigenvalue weighted by Crippen LogP contribution is 2.11. The Morgan fingerprint density at radius 3 is 2.88 bits per heavy atom. The first kappa shape index (κ1) is 10.8. The van der Waals surface area contributed by atoms with Crippen molar-refractivity contribution in [2.45, 2.75) is 25.8 Å². The Labute approximate surface area is 94.3 Å². The monoisotopic (exact) mass is 218 g/mol. The number of rotatable bonds is 2. The van der Waals surface area contributed by atoms with Crippen molar-refractivity contribution in [3.05, 3.63) is 30.1 Å². The summed E-state index contributed by atoms with van der Waals surface area (Å²) in [7, 11) is 0. The molecule has 1 aliphatic rings. The van der Waals surface area contributed by atoms with Crippen molar-refractivity contribution in [2.75, 3.05) is 6.54 Å². The smallest absolute Gasteiger partial charge is 0.223 e. The summed E-state index contributed by atoms with van der Waals surface area (Å²) in [4.78, 5) is 28.7. The lowest BCUT2D eigenvalue weighted by molar-refractivity contribution is -0.131. The normalized spacial score (nSPS) is 17.4. The Morgan fingerprint density at radius 2 is 2.12 bits per heavy atom. The highest BCUT2D eigenvalue weighted by Gasteiger charge is 2.20. The minimum absolute atomic E-state index is 0.0645. The van der Waals surface area contributed by atoms with Crippen LogP contribution in [0.2, 0.25) is 0 Å². The number of aromatic nitrogens is 1. The minimum Gasteiger partial charge on any atom is -0.338 e. The molecule has 16 heavy (non-hydrogen) atoms. The first-order valence-corrected chi connectivity index (χ1v) is 5.44. The molecule has 0 saturated carbocycles. The Bertz CT molecular complexity index is 389. The summed E-state index contributed by atoms with van der Waals surface area (Å²) in [6, 6.07) is 3.79. The average molecular weight is 218 g/mol. The fourth-order valence-electron chi connectivity index (χ4n) is 1.79. The molecule has 2 rings (SSSR count). The van der Waals surface area contributed by atoms with Crippen molar-refractivity contribution in [2.24, 2.45) is 0 Å². The molecule has 2 heterocycles. The molecular formula is C12H14N2O2. The van der Waals surface area contributed by atoms with Crippen molar-refractivity contribution < 1.29 is 9.59 Å². The van der Waals surface area contributed by atoms with Crippen LogP contribution in [0.5, 0.6) is 0 Å². The number of hydrogen-bond donors (Lipinski definition) is 0. The fraction of sp³-hybridized carbons (Fsp3) is 0.417. The van der Waals surface area contributed by atoms with E-state index in [1.165, 1.54) is 0 Å². The van der Waals surface area contributed by atoms with Gasteiger partial charge >= 0.3 is 0 Å². The molecule has 4 heteroatoms. The van der Waals surface area contributed by atoms with E-state index < -0.39 is 0 Å². The molecule has 1 saturated heterocycles. The van der Waals surface area contributed by atoms with Gasteiger partial charge in [-0.2, -0.15) is 0 Å². The van der Waals surface area contributed by atoms with Gasteiger partial charge in [-0.15, -0.1) is 0 Å². The second kappa shape index (κ2) is 4.88. The van der Waals surface area contributed by atoms with E-state index in [2.05, 4.69) is 4.98 Å². The summed E-state index contributed by atoms with van der Waals surface area (Å²) in [5.41, 5.74) is 1.00. The van der Waals surface area contributed by atoms with E-state index in [4.69, 9.17) is 0 Å². The molecule has 0 aliphatic carbocycles. The molecule has 1 aromatic heterocycles.